The Morgan fingerprint density at radius 1 is 1.56 bits per heavy atom. The fourth-order valence-corrected chi connectivity index (χ4v) is 0.436. The molecule has 0 unspecified atom stereocenters. The third-order valence-electron chi connectivity index (χ3n) is 0.861. The van der Waals surface area contributed by atoms with Crippen molar-refractivity contribution >= 4 is 11.4 Å². The molecule has 2 heteroatoms. The van der Waals surface area contributed by atoms with E-state index >= 15 is 0 Å². The van der Waals surface area contributed by atoms with E-state index in [0.29, 0.717) is 0 Å². The molecule has 1 aromatic carbocycles. The van der Waals surface area contributed by atoms with E-state index in [4.69, 9.17) is 19.7 Å². The molecular weight excluding hydrogens is 112 g/mol. The molecule has 0 amide bonds. The second-order valence-electron chi connectivity index (χ2n) is 1.58. The Morgan fingerprint density at radius 3 is 3.00 bits per heavy atom. The fraction of sp³-hybridized carbons (Fsp3) is 0.143. The minimum Gasteiger partial charge on any atom is -0.399 e. The number of rotatable bonds is 0. The van der Waals surface area contributed by atoms with E-state index in [0.717, 1.165) is 0 Å². The highest BCUT2D eigenvalue weighted by Gasteiger charge is 1.90. The van der Waals surface area contributed by atoms with Crippen molar-refractivity contribution in [2.45, 2.75) is 6.85 Å². The molecule has 0 spiro atoms. The quantitative estimate of drug-likeness (QED) is 0.515. The molecule has 0 saturated heterocycles. The zero-order chi connectivity index (χ0) is 12.0. The predicted molar refractivity (Wildman–Crippen MR) is 40.0 cm³/mol. The summed E-state index contributed by atoms with van der Waals surface area (Å²) >= 11 is 0. The van der Waals surface area contributed by atoms with Crippen molar-refractivity contribution in [3.8, 4) is 0 Å². The van der Waals surface area contributed by atoms with Crippen LogP contribution in [0.5, 0.6) is 0 Å². The smallest absolute Gasteiger partial charge is 0.0667 e. The Balaban J connectivity index is 3.68. The van der Waals surface area contributed by atoms with Crippen molar-refractivity contribution in [2.75, 3.05) is 11.5 Å². The maximum absolute atomic E-state index is 7.44. The van der Waals surface area contributed by atoms with Gasteiger partial charge >= 0.3 is 0 Å². The maximum atomic E-state index is 7.44. The monoisotopic (exact) mass is 128 g/mol. The van der Waals surface area contributed by atoms with Crippen molar-refractivity contribution in [3.05, 3.63) is 23.7 Å². The summed E-state index contributed by atoms with van der Waals surface area (Å²) in [5.74, 6) is 0. The molecule has 0 aliphatic heterocycles. The van der Waals surface area contributed by atoms with Gasteiger partial charge in [0.1, 0.15) is 0 Å². The van der Waals surface area contributed by atoms with Crippen LogP contribution in [0.1, 0.15) is 13.8 Å². The zero-order valence-electron chi connectivity index (χ0n) is 10.7. The Hall–Kier alpha value is -1.18. The van der Waals surface area contributed by atoms with Gasteiger partial charge in [0.15, 0.2) is 0 Å². The van der Waals surface area contributed by atoms with E-state index in [9.17, 15) is 0 Å². The average Bonchev–Trinajstić information content (AvgIpc) is 2.09. The van der Waals surface area contributed by atoms with Crippen LogP contribution in [0.3, 0.4) is 0 Å². The highest BCUT2D eigenvalue weighted by Crippen LogP contribution is 2.13. The molecule has 0 aromatic heterocycles. The lowest BCUT2D eigenvalue weighted by atomic mass is 10.2. The van der Waals surface area contributed by atoms with Gasteiger partial charge in [-0.15, -0.1) is 0 Å². The summed E-state index contributed by atoms with van der Waals surface area (Å²) < 4.78 is 43.6. The molecule has 0 bridgehead atoms. The number of hydrogen-bond donors (Lipinski definition) is 2. The minimum absolute atomic E-state index is 0.273. The number of benzene rings is 1. The zero-order valence-corrected chi connectivity index (χ0v) is 4.65. The van der Waals surface area contributed by atoms with Gasteiger partial charge in [0.2, 0.25) is 0 Å². The number of hydrogen-bond acceptors (Lipinski definition) is 2. The molecule has 0 atom stereocenters. The molecule has 9 heavy (non-hydrogen) atoms. The van der Waals surface area contributed by atoms with Crippen molar-refractivity contribution in [1.29, 1.82) is 0 Å². The van der Waals surface area contributed by atoms with Gasteiger partial charge in [-0.3, -0.25) is 0 Å². The molecule has 0 radical (unpaired) electrons. The van der Waals surface area contributed by atoms with Gasteiger partial charge in [-0.25, -0.2) is 0 Å². The molecule has 48 valence electrons. The van der Waals surface area contributed by atoms with Gasteiger partial charge in [0.05, 0.1) is 4.11 Å². The van der Waals surface area contributed by atoms with Gasteiger partial charge < -0.3 is 11.5 Å². The van der Waals surface area contributed by atoms with Gasteiger partial charge in [-0.05, 0) is 24.5 Å². The van der Waals surface area contributed by atoms with Crippen LogP contribution < -0.4 is 11.5 Å². The number of nitrogen functional groups attached to an aromatic ring is 2. The summed E-state index contributed by atoms with van der Waals surface area (Å²) in [5.41, 5.74) is 9.64. The lowest BCUT2D eigenvalue weighted by molar-refractivity contribution is 1.47. The van der Waals surface area contributed by atoms with E-state index in [1.807, 2.05) is 0 Å². The SMILES string of the molecule is [2H]c1c([2H])c(C([2H])([2H])[2H])c(N)c([2H])c1N. The third-order valence-corrected chi connectivity index (χ3v) is 0.861. The van der Waals surface area contributed by atoms with Gasteiger partial charge in [0, 0.05) is 15.5 Å². The Bertz CT molecular complexity index is 382. The largest absolute Gasteiger partial charge is 0.399 e. The van der Waals surface area contributed by atoms with Crippen LogP contribution in [0.2, 0.25) is 0 Å². The first-order valence-corrected chi connectivity index (χ1v) is 2.33. The summed E-state index contributed by atoms with van der Waals surface area (Å²) in [6.07, 6.45) is 0. The highest BCUT2D eigenvalue weighted by molar-refractivity contribution is 5.55. The summed E-state index contributed by atoms with van der Waals surface area (Å²) in [6, 6.07) is -1.41. The molecule has 1 aromatic rings. The lowest BCUT2D eigenvalue weighted by Crippen LogP contribution is -1.91. The van der Waals surface area contributed by atoms with Gasteiger partial charge in [-0.2, -0.15) is 0 Å². The first-order valence-electron chi connectivity index (χ1n) is 5.33. The predicted octanol–water partition coefficient (Wildman–Crippen LogP) is 1.16. The fourth-order valence-electron chi connectivity index (χ4n) is 0.436. The molecule has 1 rings (SSSR count). The van der Waals surface area contributed by atoms with Crippen molar-refractivity contribution < 1.29 is 8.22 Å². The maximum Gasteiger partial charge on any atom is 0.0667 e. The van der Waals surface area contributed by atoms with Crippen LogP contribution in [0.4, 0.5) is 11.4 Å². The Kier molecular flexibility index (Phi) is 0.418. The van der Waals surface area contributed by atoms with Gasteiger partial charge in [-0.1, -0.05) is 6.04 Å². The van der Waals surface area contributed by atoms with E-state index in [1.54, 1.807) is 0 Å². The second-order valence-corrected chi connectivity index (χ2v) is 1.58. The first kappa shape index (κ1) is 1.90. The number of anilines is 2. The van der Waals surface area contributed by atoms with Crippen molar-refractivity contribution in [2.24, 2.45) is 0 Å². The van der Waals surface area contributed by atoms with E-state index in [2.05, 4.69) is 0 Å². The topological polar surface area (TPSA) is 52.0 Å². The standard InChI is InChI=1S/C7H10N2/c1-5-2-3-6(8)4-7(5)9/h2-4H,8-9H2,1H3/i1D3,2D,3D,4D. The van der Waals surface area contributed by atoms with E-state index < -0.39 is 30.5 Å². The van der Waals surface area contributed by atoms with Crippen LogP contribution in [-0.2, 0) is 0 Å². The molecule has 0 aliphatic rings. The van der Waals surface area contributed by atoms with Crippen LogP contribution in [-0.4, -0.2) is 0 Å². The van der Waals surface area contributed by atoms with Crippen LogP contribution in [0.25, 0.3) is 0 Å². The lowest BCUT2D eigenvalue weighted by Gasteiger charge is -1.98. The second kappa shape index (κ2) is 1.97. The average molecular weight is 128 g/mol. The Labute approximate surface area is 62.9 Å². The highest BCUT2D eigenvalue weighted by atomic mass is 14.6. The van der Waals surface area contributed by atoms with Crippen LogP contribution in [0, 0.1) is 6.85 Å². The molecule has 0 fully saturated rings. The normalized spacial score (nSPS) is 20.4. The summed E-state index contributed by atoms with van der Waals surface area (Å²) in [7, 11) is 0. The minimum atomic E-state index is -2.61. The molecule has 0 aliphatic carbocycles. The van der Waals surface area contributed by atoms with E-state index in [-0.39, 0.29) is 11.4 Å². The van der Waals surface area contributed by atoms with Crippen LogP contribution >= 0.6 is 0 Å². The number of nitrogens with two attached hydrogens (primary N) is 2. The molecule has 2 nitrogen and oxygen atoms in total. The molecular formula is C7H10N2. The summed E-state index contributed by atoms with van der Waals surface area (Å²) in [6.45, 7) is -2.61. The summed E-state index contributed by atoms with van der Waals surface area (Å²) in [5, 5.41) is 0. The van der Waals surface area contributed by atoms with Gasteiger partial charge in [0.25, 0.3) is 0 Å². The molecule has 0 heterocycles. The Morgan fingerprint density at radius 2 is 2.33 bits per heavy atom. The summed E-state index contributed by atoms with van der Waals surface area (Å²) in [4.78, 5) is 0. The first-order chi connectivity index (χ1) is 6.68. The van der Waals surface area contributed by atoms with Crippen molar-refractivity contribution in [1.82, 2.24) is 0 Å². The molecule has 4 N–H and O–H groups in total. The van der Waals surface area contributed by atoms with E-state index in [1.165, 1.54) is 0 Å². The van der Waals surface area contributed by atoms with Crippen LogP contribution in [0.15, 0.2) is 18.1 Å². The molecule has 0 saturated carbocycles. The van der Waals surface area contributed by atoms with Crippen molar-refractivity contribution in [3.63, 3.8) is 0 Å². The third kappa shape index (κ3) is 1.13.